The van der Waals surface area contributed by atoms with Gasteiger partial charge in [-0.2, -0.15) is 0 Å². The quantitative estimate of drug-likeness (QED) is 0.594. The normalized spacial score (nSPS) is 23.0. The molecule has 2 rings (SSSR count). The number of ketones is 1. The molecule has 1 heterocycles. The molecule has 1 unspecified atom stereocenters. The molecular weight excluding hydrogens is 306 g/mol. The first-order chi connectivity index (χ1) is 11.4. The molecular formula is C19H25NO4. The van der Waals surface area contributed by atoms with Gasteiger partial charge in [0.15, 0.2) is 0 Å². The van der Waals surface area contributed by atoms with Crippen LogP contribution in [0.5, 0.6) is 0 Å². The van der Waals surface area contributed by atoms with E-state index in [1.54, 1.807) is 18.7 Å². The number of carbonyl (C=O) groups excluding carboxylic acids is 3. The maximum Gasteiger partial charge on any atom is 0.309 e. The Labute approximate surface area is 143 Å². The first kappa shape index (κ1) is 18.2. The number of esters is 1. The molecule has 1 saturated heterocycles. The van der Waals surface area contributed by atoms with Crippen molar-refractivity contribution in [3.8, 4) is 0 Å². The molecule has 1 aliphatic heterocycles. The number of likely N-dealkylation sites (tertiary alicyclic amines) is 1. The predicted octanol–water partition coefficient (Wildman–Crippen LogP) is 2.61. The summed E-state index contributed by atoms with van der Waals surface area (Å²) in [5, 5.41) is 0. The van der Waals surface area contributed by atoms with Crippen LogP contribution in [0.1, 0.15) is 39.3 Å². The van der Waals surface area contributed by atoms with Gasteiger partial charge in [0.2, 0.25) is 5.91 Å². The van der Waals surface area contributed by atoms with Crippen molar-refractivity contribution in [2.45, 2.75) is 33.7 Å². The van der Waals surface area contributed by atoms with Crippen LogP contribution in [0.15, 0.2) is 30.3 Å². The van der Waals surface area contributed by atoms with Crippen LogP contribution in [0.4, 0.5) is 0 Å². The number of rotatable bonds is 6. The third kappa shape index (κ3) is 3.50. The number of hydrogen-bond acceptors (Lipinski definition) is 4. The molecule has 0 saturated carbocycles. The Morgan fingerprint density at radius 2 is 1.88 bits per heavy atom. The van der Waals surface area contributed by atoms with Crippen molar-refractivity contribution in [3.63, 3.8) is 0 Å². The zero-order chi connectivity index (χ0) is 17.9. The van der Waals surface area contributed by atoms with Gasteiger partial charge in [0.25, 0.3) is 0 Å². The van der Waals surface area contributed by atoms with E-state index in [1.165, 1.54) is 6.92 Å². The molecule has 0 radical (unpaired) electrons. The van der Waals surface area contributed by atoms with Crippen molar-refractivity contribution < 1.29 is 19.1 Å². The highest BCUT2D eigenvalue weighted by atomic mass is 16.5. The fourth-order valence-electron chi connectivity index (χ4n) is 3.42. The van der Waals surface area contributed by atoms with Crippen LogP contribution in [0.2, 0.25) is 0 Å². The summed E-state index contributed by atoms with van der Waals surface area (Å²) in [6.45, 7) is 7.53. The maximum atomic E-state index is 12.8. The van der Waals surface area contributed by atoms with E-state index in [1.807, 2.05) is 37.3 Å². The lowest BCUT2D eigenvalue weighted by atomic mass is 9.82. The molecule has 0 spiro atoms. The number of nitrogens with zero attached hydrogens (tertiary/aromatic N) is 1. The number of carbonyl (C=O) groups is 3. The van der Waals surface area contributed by atoms with E-state index in [4.69, 9.17) is 4.74 Å². The van der Waals surface area contributed by atoms with Gasteiger partial charge in [-0.1, -0.05) is 37.3 Å². The van der Waals surface area contributed by atoms with E-state index in [9.17, 15) is 14.4 Å². The molecule has 5 nitrogen and oxygen atoms in total. The summed E-state index contributed by atoms with van der Waals surface area (Å²) in [4.78, 5) is 38.7. The van der Waals surface area contributed by atoms with E-state index >= 15 is 0 Å². The predicted molar refractivity (Wildman–Crippen MR) is 90.0 cm³/mol. The summed E-state index contributed by atoms with van der Waals surface area (Å²) in [5.74, 6) is -2.34. The summed E-state index contributed by atoms with van der Waals surface area (Å²) in [6, 6.07) is 9.55. The molecule has 0 aliphatic carbocycles. The van der Waals surface area contributed by atoms with Gasteiger partial charge in [0.05, 0.1) is 18.6 Å². The second-order valence-electron chi connectivity index (χ2n) is 6.37. The van der Waals surface area contributed by atoms with E-state index in [0.29, 0.717) is 13.2 Å². The molecule has 1 fully saturated rings. The fraction of sp³-hybridized carbons (Fsp3) is 0.526. The molecule has 1 aromatic carbocycles. The Morgan fingerprint density at radius 1 is 1.25 bits per heavy atom. The van der Waals surface area contributed by atoms with E-state index < -0.39 is 11.8 Å². The molecule has 5 heteroatoms. The number of Topliss-reactive ketones (excluding diaryl/α,β-unsaturated/α-hetero) is 1. The molecule has 24 heavy (non-hydrogen) atoms. The van der Waals surface area contributed by atoms with Crippen LogP contribution in [0, 0.1) is 17.8 Å². The van der Waals surface area contributed by atoms with Crippen molar-refractivity contribution in [3.05, 3.63) is 35.9 Å². The first-order valence-corrected chi connectivity index (χ1v) is 8.41. The number of amides is 1. The summed E-state index contributed by atoms with van der Waals surface area (Å²) < 4.78 is 5.08. The fourth-order valence-corrected chi connectivity index (χ4v) is 3.42. The Bertz CT molecular complexity index is 613. The van der Waals surface area contributed by atoms with E-state index in [-0.39, 0.29) is 29.6 Å². The molecule has 0 aromatic heterocycles. The lowest BCUT2D eigenvalue weighted by Crippen LogP contribution is -2.33. The Morgan fingerprint density at radius 3 is 2.42 bits per heavy atom. The number of hydrogen-bond donors (Lipinski definition) is 0. The lowest BCUT2D eigenvalue weighted by molar-refractivity contribution is -0.150. The average molecular weight is 331 g/mol. The van der Waals surface area contributed by atoms with Crippen molar-refractivity contribution >= 4 is 17.7 Å². The van der Waals surface area contributed by atoms with Gasteiger partial charge < -0.3 is 9.64 Å². The second-order valence-corrected chi connectivity index (χ2v) is 6.37. The van der Waals surface area contributed by atoms with Crippen LogP contribution in [0.25, 0.3) is 0 Å². The molecule has 0 N–H and O–H groups in total. The zero-order valence-electron chi connectivity index (χ0n) is 14.7. The number of benzene rings is 1. The average Bonchev–Trinajstić information content (AvgIpc) is 2.92. The van der Waals surface area contributed by atoms with Crippen molar-refractivity contribution in [1.82, 2.24) is 4.90 Å². The monoisotopic (exact) mass is 331 g/mol. The minimum Gasteiger partial charge on any atom is -0.466 e. The van der Waals surface area contributed by atoms with Gasteiger partial charge in [-0.25, -0.2) is 0 Å². The highest BCUT2D eigenvalue weighted by Crippen LogP contribution is 2.37. The van der Waals surface area contributed by atoms with Gasteiger partial charge in [-0.3, -0.25) is 14.4 Å². The van der Waals surface area contributed by atoms with Crippen LogP contribution in [0.3, 0.4) is 0 Å². The highest BCUT2D eigenvalue weighted by Gasteiger charge is 2.48. The third-order valence-electron chi connectivity index (χ3n) is 4.87. The van der Waals surface area contributed by atoms with Crippen molar-refractivity contribution in [1.29, 1.82) is 0 Å². The molecule has 1 aromatic rings. The van der Waals surface area contributed by atoms with Crippen molar-refractivity contribution in [2.75, 3.05) is 13.2 Å². The third-order valence-corrected chi connectivity index (χ3v) is 4.87. The summed E-state index contributed by atoms with van der Waals surface area (Å²) >= 11 is 0. The topological polar surface area (TPSA) is 63.7 Å². The van der Waals surface area contributed by atoms with Crippen LogP contribution >= 0.6 is 0 Å². The summed E-state index contributed by atoms with van der Waals surface area (Å²) in [6.07, 6.45) is 0. The minimum absolute atomic E-state index is 0.139. The van der Waals surface area contributed by atoms with Crippen LogP contribution in [-0.2, 0) is 19.1 Å². The summed E-state index contributed by atoms with van der Waals surface area (Å²) in [5.41, 5.74) is 1.01. The van der Waals surface area contributed by atoms with Crippen LogP contribution in [-0.4, -0.2) is 35.7 Å². The summed E-state index contributed by atoms with van der Waals surface area (Å²) in [7, 11) is 0. The SMILES string of the molecule is CCOC(=O)C(C)[C@@H]1CN([C@@H](C)c2ccccc2)C(=O)[C@@H]1C(C)=O. The van der Waals surface area contributed by atoms with Gasteiger partial charge in [0.1, 0.15) is 11.7 Å². The Balaban J connectivity index is 2.26. The molecule has 4 atom stereocenters. The smallest absolute Gasteiger partial charge is 0.309 e. The van der Waals surface area contributed by atoms with Gasteiger partial charge in [0, 0.05) is 12.5 Å². The second kappa shape index (κ2) is 7.60. The van der Waals surface area contributed by atoms with Crippen molar-refractivity contribution in [2.24, 2.45) is 17.8 Å². The van der Waals surface area contributed by atoms with Gasteiger partial charge in [-0.05, 0) is 26.3 Å². The first-order valence-electron chi connectivity index (χ1n) is 8.41. The van der Waals surface area contributed by atoms with Gasteiger partial charge >= 0.3 is 5.97 Å². The molecule has 1 aliphatic rings. The van der Waals surface area contributed by atoms with Crippen LogP contribution < -0.4 is 0 Å². The molecule has 1 amide bonds. The van der Waals surface area contributed by atoms with E-state index in [0.717, 1.165) is 5.56 Å². The molecule has 130 valence electrons. The highest BCUT2D eigenvalue weighted by molar-refractivity contribution is 6.02. The Kier molecular flexibility index (Phi) is 5.75. The number of ether oxygens (including phenoxy) is 1. The molecule has 0 bridgehead atoms. The Hall–Kier alpha value is -2.17. The zero-order valence-corrected chi connectivity index (χ0v) is 14.7. The minimum atomic E-state index is -0.768. The maximum absolute atomic E-state index is 12.8. The lowest BCUT2D eigenvalue weighted by Gasteiger charge is -2.26. The standard InChI is InChI=1S/C19H25NO4/c1-5-24-19(23)12(2)16-11-20(18(22)17(16)14(4)21)13(3)15-9-7-6-8-10-15/h6-10,12-13,16-17H,5,11H2,1-4H3/t12?,13-,16-,17+/m0/s1. The van der Waals surface area contributed by atoms with E-state index in [2.05, 4.69) is 0 Å². The van der Waals surface area contributed by atoms with Gasteiger partial charge in [-0.15, -0.1) is 0 Å². The largest absolute Gasteiger partial charge is 0.466 e.